The Labute approximate surface area is 151 Å². The van der Waals surface area contributed by atoms with Crippen LogP contribution in [0.25, 0.3) is 0 Å². The van der Waals surface area contributed by atoms with Crippen molar-refractivity contribution < 1.29 is 27.4 Å². The summed E-state index contributed by atoms with van der Waals surface area (Å²) in [5.41, 5.74) is 0.793. The molecule has 2 aliphatic heterocycles. The largest absolute Gasteiger partial charge is 0.470 e. The van der Waals surface area contributed by atoms with Gasteiger partial charge in [-0.3, -0.25) is 0 Å². The van der Waals surface area contributed by atoms with Crippen molar-refractivity contribution in [1.82, 2.24) is 9.29 Å². The van der Waals surface area contributed by atoms with Crippen LogP contribution in [0.3, 0.4) is 0 Å². The average molecular weight is 378 g/mol. The number of methoxy groups -OCH3 is 1. The Hall–Kier alpha value is -2.36. The highest BCUT2D eigenvalue weighted by Crippen LogP contribution is 2.34. The fraction of sp³-hybridized carbons (Fsp3) is 0.353. The number of benzene rings is 1. The van der Waals surface area contributed by atoms with Gasteiger partial charge in [-0.05, 0) is 29.8 Å². The summed E-state index contributed by atoms with van der Waals surface area (Å²) < 4.78 is 49.2. The van der Waals surface area contributed by atoms with Crippen LogP contribution in [0.2, 0.25) is 0 Å². The van der Waals surface area contributed by atoms with E-state index in [0.717, 1.165) is 5.56 Å². The number of sulfonamides is 1. The van der Waals surface area contributed by atoms with E-state index in [1.807, 2.05) is 6.07 Å². The SMILES string of the molecule is COCC1CN(Cc2ccc3c(c2)OCO3)S(=O)(=O)c2cccnc2O1. The lowest BCUT2D eigenvalue weighted by molar-refractivity contribution is 0.0666. The Morgan fingerprint density at radius 2 is 2.12 bits per heavy atom. The van der Waals surface area contributed by atoms with E-state index in [1.54, 1.807) is 25.3 Å². The summed E-state index contributed by atoms with van der Waals surface area (Å²) in [6.07, 6.45) is 1.05. The van der Waals surface area contributed by atoms with Crippen LogP contribution < -0.4 is 14.2 Å². The van der Waals surface area contributed by atoms with Gasteiger partial charge < -0.3 is 18.9 Å². The minimum atomic E-state index is -3.76. The molecule has 4 rings (SSSR count). The van der Waals surface area contributed by atoms with Crippen molar-refractivity contribution >= 4 is 10.0 Å². The van der Waals surface area contributed by atoms with E-state index < -0.39 is 16.1 Å². The van der Waals surface area contributed by atoms with E-state index in [9.17, 15) is 8.42 Å². The fourth-order valence-electron chi connectivity index (χ4n) is 2.99. The first-order valence-electron chi connectivity index (χ1n) is 8.07. The maximum absolute atomic E-state index is 13.1. The molecule has 26 heavy (non-hydrogen) atoms. The number of hydrogen-bond donors (Lipinski definition) is 0. The third-order valence-electron chi connectivity index (χ3n) is 4.19. The smallest absolute Gasteiger partial charge is 0.248 e. The highest BCUT2D eigenvalue weighted by atomic mass is 32.2. The molecule has 8 nitrogen and oxygen atoms in total. The van der Waals surface area contributed by atoms with E-state index in [1.165, 1.54) is 16.6 Å². The molecule has 0 fully saturated rings. The Bertz CT molecular complexity index is 917. The Balaban J connectivity index is 1.69. The Kier molecular flexibility index (Phi) is 4.43. The van der Waals surface area contributed by atoms with Crippen molar-refractivity contribution in [2.45, 2.75) is 17.5 Å². The van der Waals surface area contributed by atoms with Gasteiger partial charge in [0, 0.05) is 19.9 Å². The molecule has 2 aliphatic rings. The first kappa shape index (κ1) is 17.1. The van der Waals surface area contributed by atoms with Crippen LogP contribution in [0.4, 0.5) is 0 Å². The van der Waals surface area contributed by atoms with Gasteiger partial charge in [0.15, 0.2) is 11.5 Å². The molecule has 1 aromatic carbocycles. The van der Waals surface area contributed by atoms with Gasteiger partial charge in [-0.15, -0.1) is 0 Å². The summed E-state index contributed by atoms with van der Waals surface area (Å²) in [5, 5.41) is 0. The van der Waals surface area contributed by atoms with Crippen LogP contribution in [0.1, 0.15) is 5.56 Å². The summed E-state index contributed by atoms with van der Waals surface area (Å²) in [6, 6.07) is 8.47. The molecule has 138 valence electrons. The summed E-state index contributed by atoms with van der Waals surface area (Å²) in [7, 11) is -2.22. The third kappa shape index (κ3) is 3.09. The minimum Gasteiger partial charge on any atom is -0.470 e. The predicted molar refractivity (Wildman–Crippen MR) is 90.7 cm³/mol. The molecule has 1 atom stereocenters. The standard InChI is InChI=1S/C17H18N2O6S/c1-22-10-13-9-19(8-12-4-5-14-15(7-12)24-11-23-14)26(20,21)16-3-2-6-18-17(16)25-13/h2-7,13H,8-11H2,1H3. The second-order valence-corrected chi connectivity index (χ2v) is 7.89. The molecule has 3 heterocycles. The van der Waals surface area contributed by atoms with Crippen LogP contribution in [-0.2, 0) is 21.3 Å². The zero-order valence-corrected chi connectivity index (χ0v) is 14.9. The highest BCUT2D eigenvalue weighted by Gasteiger charge is 2.35. The van der Waals surface area contributed by atoms with Crippen molar-refractivity contribution in [3.63, 3.8) is 0 Å². The van der Waals surface area contributed by atoms with E-state index in [0.29, 0.717) is 11.5 Å². The molecule has 0 amide bonds. The Morgan fingerprint density at radius 1 is 1.27 bits per heavy atom. The lowest BCUT2D eigenvalue weighted by atomic mass is 10.2. The number of hydrogen-bond acceptors (Lipinski definition) is 7. The topological polar surface area (TPSA) is 87.2 Å². The van der Waals surface area contributed by atoms with Gasteiger partial charge in [0.25, 0.3) is 0 Å². The second-order valence-electron chi connectivity index (χ2n) is 5.99. The van der Waals surface area contributed by atoms with Crippen LogP contribution >= 0.6 is 0 Å². The van der Waals surface area contributed by atoms with Crippen molar-refractivity contribution in [2.24, 2.45) is 0 Å². The molecular weight excluding hydrogens is 360 g/mol. The summed E-state index contributed by atoms with van der Waals surface area (Å²) in [5.74, 6) is 1.37. The van der Waals surface area contributed by atoms with Gasteiger partial charge in [0.2, 0.25) is 22.7 Å². The lowest BCUT2D eigenvalue weighted by Crippen LogP contribution is -2.38. The van der Waals surface area contributed by atoms with Crippen molar-refractivity contribution in [1.29, 1.82) is 0 Å². The fourth-order valence-corrected chi connectivity index (χ4v) is 4.52. The number of rotatable bonds is 4. The van der Waals surface area contributed by atoms with Crippen LogP contribution in [0, 0.1) is 0 Å². The first-order chi connectivity index (χ1) is 12.6. The van der Waals surface area contributed by atoms with Gasteiger partial charge in [-0.25, -0.2) is 13.4 Å². The number of pyridine rings is 1. The maximum Gasteiger partial charge on any atom is 0.248 e. The normalized spacial score (nSPS) is 20.9. The lowest BCUT2D eigenvalue weighted by Gasteiger charge is -2.22. The molecule has 9 heteroatoms. The zero-order valence-electron chi connectivity index (χ0n) is 14.1. The molecule has 0 spiro atoms. The number of ether oxygens (including phenoxy) is 4. The van der Waals surface area contributed by atoms with Crippen molar-refractivity contribution in [3.05, 3.63) is 42.1 Å². The maximum atomic E-state index is 13.1. The average Bonchev–Trinajstić information content (AvgIpc) is 3.05. The molecule has 2 aromatic rings. The quantitative estimate of drug-likeness (QED) is 0.795. The molecule has 1 unspecified atom stereocenters. The third-order valence-corrected chi connectivity index (χ3v) is 6.01. The number of fused-ring (bicyclic) bond motifs is 2. The van der Waals surface area contributed by atoms with Crippen LogP contribution in [0.15, 0.2) is 41.4 Å². The minimum absolute atomic E-state index is 0.0550. The molecule has 0 aliphatic carbocycles. The molecule has 0 saturated carbocycles. The highest BCUT2D eigenvalue weighted by molar-refractivity contribution is 7.89. The summed E-state index contributed by atoms with van der Waals surface area (Å²) in [6.45, 7) is 0.755. The van der Waals surface area contributed by atoms with Crippen LogP contribution in [-0.4, -0.2) is 50.9 Å². The van der Waals surface area contributed by atoms with Gasteiger partial charge in [-0.1, -0.05) is 6.07 Å². The molecule has 0 bridgehead atoms. The second kappa shape index (κ2) is 6.75. The molecule has 0 N–H and O–H groups in total. The van der Waals surface area contributed by atoms with Gasteiger partial charge >= 0.3 is 0 Å². The molecular formula is C17H18N2O6S. The van der Waals surface area contributed by atoms with E-state index in [-0.39, 0.29) is 37.3 Å². The summed E-state index contributed by atoms with van der Waals surface area (Å²) >= 11 is 0. The Morgan fingerprint density at radius 3 is 2.96 bits per heavy atom. The molecule has 0 radical (unpaired) electrons. The van der Waals surface area contributed by atoms with E-state index in [2.05, 4.69) is 4.98 Å². The van der Waals surface area contributed by atoms with Crippen molar-refractivity contribution in [3.8, 4) is 17.4 Å². The molecule has 0 saturated heterocycles. The predicted octanol–water partition coefficient (Wildman–Crippen LogP) is 1.41. The van der Waals surface area contributed by atoms with Gasteiger partial charge in [-0.2, -0.15) is 4.31 Å². The first-order valence-corrected chi connectivity index (χ1v) is 9.51. The van der Waals surface area contributed by atoms with Crippen molar-refractivity contribution in [2.75, 3.05) is 27.1 Å². The zero-order chi connectivity index (χ0) is 18.1. The number of nitrogens with zero attached hydrogens (tertiary/aromatic N) is 2. The van der Waals surface area contributed by atoms with E-state index >= 15 is 0 Å². The van der Waals surface area contributed by atoms with Crippen LogP contribution in [0.5, 0.6) is 17.4 Å². The number of aromatic nitrogens is 1. The molecule has 1 aromatic heterocycles. The summed E-state index contributed by atoms with van der Waals surface area (Å²) in [4.78, 5) is 4.13. The monoisotopic (exact) mass is 378 g/mol. The van der Waals surface area contributed by atoms with Gasteiger partial charge in [0.1, 0.15) is 11.0 Å². The van der Waals surface area contributed by atoms with Gasteiger partial charge in [0.05, 0.1) is 13.2 Å². The van der Waals surface area contributed by atoms with E-state index in [4.69, 9.17) is 18.9 Å².